The van der Waals surface area contributed by atoms with Gasteiger partial charge in [0.25, 0.3) is 17.3 Å². The molecule has 0 saturated heterocycles. The van der Waals surface area contributed by atoms with Gasteiger partial charge in [-0.1, -0.05) is 20.3 Å². The van der Waals surface area contributed by atoms with E-state index in [0.717, 1.165) is 37.5 Å². The first-order valence-electron chi connectivity index (χ1n) is 7.13. The topological polar surface area (TPSA) is 107 Å². The predicted molar refractivity (Wildman–Crippen MR) is 80.9 cm³/mol. The molecule has 1 aromatic carbocycles. The van der Waals surface area contributed by atoms with Crippen LogP contribution in [0.2, 0.25) is 0 Å². The maximum atomic E-state index is 12.5. The molecular weight excluding hydrogens is 290 g/mol. The van der Waals surface area contributed by atoms with Crippen molar-refractivity contribution in [1.29, 1.82) is 0 Å². The molecule has 0 aliphatic rings. The van der Waals surface area contributed by atoms with E-state index in [2.05, 4.69) is 0 Å². The summed E-state index contributed by atoms with van der Waals surface area (Å²) in [6, 6.07) is 3.03. The molecule has 1 rings (SSSR count). The predicted octanol–water partition coefficient (Wildman–Crippen LogP) is 3.16. The average molecular weight is 309 g/mol. The zero-order chi connectivity index (χ0) is 16.7. The Morgan fingerprint density at radius 3 is 1.95 bits per heavy atom. The fourth-order valence-electron chi connectivity index (χ4n) is 2.05. The first-order chi connectivity index (χ1) is 10.4. The van der Waals surface area contributed by atoms with Crippen LogP contribution in [-0.4, -0.2) is 33.7 Å². The SMILES string of the molecule is CCCCN(CCC)C(=O)c1cc([N+](=O)[O-])cc([N+](=O)[O-])c1. The van der Waals surface area contributed by atoms with E-state index >= 15 is 0 Å². The molecule has 22 heavy (non-hydrogen) atoms. The van der Waals surface area contributed by atoms with Crippen molar-refractivity contribution in [3.63, 3.8) is 0 Å². The number of unbranched alkanes of at least 4 members (excludes halogenated alkanes) is 1. The lowest BCUT2D eigenvalue weighted by molar-refractivity contribution is -0.394. The minimum atomic E-state index is -0.736. The molecule has 0 N–H and O–H groups in total. The van der Waals surface area contributed by atoms with Gasteiger partial charge >= 0.3 is 0 Å². The number of nitro groups is 2. The van der Waals surface area contributed by atoms with E-state index in [-0.39, 0.29) is 5.56 Å². The second-order valence-electron chi connectivity index (χ2n) is 4.90. The van der Waals surface area contributed by atoms with Crippen LogP contribution >= 0.6 is 0 Å². The first-order valence-corrected chi connectivity index (χ1v) is 7.13. The van der Waals surface area contributed by atoms with Crippen molar-refractivity contribution < 1.29 is 14.6 Å². The van der Waals surface area contributed by atoms with Crippen molar-refractivity contribution in [3.8, 4) is 0 Å². The monoisotopic (exact) mass is 309 g/mol. The number of hydrogen-bond donors (Lipinski definition) is 0. The van der Waals surface area contributed by atoms with Crippen LogP contribution in [0.15, 0.2) is 18.2 Å². The van der Waals surface area contributed by atoms with Gasteiger partial charge in [0.2, 0.25) is 0 Å². The van der Waals surface area contributed by atoms with Gasteiger partial charge in [-0.2, -0.15) is 0 Å². The van der Waals surface area contributed by atoms with Crippen molar-refractivity contribution in [2.24, 2.45) is 0 Å². The van der Waals surface area contributed by atoms with Gasteiger partial charge in [-0.3, -0.25) is 25.0 Å². The zero-order valence-electron chi connectivity index (χ0n) is 12.7. The summed E-state index contributed by atoms with van der Waals surface area (Å²) in [6.45, 7) is 4.95. The first kappa shape index (κ1) is 17.5. The Morgan fingerprint density at radius 2 is 1.55 bits per heavy atom. The Hall–Kier alpha value is -2.51. The number of hydrogen-bond acceptors (Lipinski definition) is 5. The molecule has 120 valence electrons. The van der Waals surface area contributed by atoms with Gasteiger partial charge in [-0.05, 0) is 12.8 Å². The van der Waals surface area contributed by atoms with Crippen molar-refractivity contribution in [1.82, 2.24) is 4.90 Å². The maximum Gasteiger partial charge on any atom is 0.277 e. The van der Waals surface area contributed by atoms with Crippen molar-refractivity contribution in [2.75, 3.05) is 13.1 Å². The van der Waals surface area contributed by atoms with E-state index in [0.29, 0.717) is 13.1 Å². The lowest BCUT2D eigenvalue weighted by Crippen LogP contribution is -2.32. The fourth-order valence-corrected chi connectivity index (χ4v) is 2.05. The minimum Gasteiger partial charge on any atom is -0.339 e. The van der Waals surface area contributed by atoms with Gasteiger partial charge in [-0.25, -0.2) is 0 Å². The zero-order valence-corrected chi connectivity index (χ0v) is 12.7. The third kappa shape index (κ3) is 4.51. The molecule has 0 bridgehead atoms. The molecule has 1 amide bonds. The normalized spacial score (nSPS) is 10.3. The van der Waals surface area contributed by atoms with Crippen LogP contribution in [0, 0.1) is 20.2 Å². The Labute approximate surface area is 128 Å². The van der Waals surface area contributed by atoms with Gasteiger partial charge in [-0.15, -0.1) is 0 Å². The van der Waals surface area contributed by atoms with Gasteiger partial charge < -0.3 is 4.90 Å². The van der Waals surface area contributed by atoms with Crippen LogP contribution in [0.3, 0.4) is 0 Å². The highest BCUT2D eigenvalue weighted by Gasteiger charge is 2.22. The van der Waals surface area contributed by atoms with Gasteiger partial charge in [0.1, 0.15) is 0 Å². The van der Waals surface area contributed by atoms with Gasteiger partial charge in [0.05, 0.1) is 21.5 Å². The van der Waals surface area contributed by atoms with Crippen LogP contribution in [-0.2, 0) is 0 Å². The molecule has 0 fully saturated rings. The molecule has 0 aliphatic carbocycles. The third-order valence-electron chi connectivity index (χ3n) is 3.13. The molecule has 0 saturated carbocycles. The smallest absolute Gasteiger partial charge is 0.277 e. The summed E-state index contributed by atoms with van der Waals surface area (Å²) < 4.78 is 0. The lowest BCUT2D eigenvalue weighted by Gasteiger charge is -2.21. The summed E-state index contributed by atoms with van der Waals surface area (Å²) in [5.41, 5.74) is -0.931. The van der Waals surface area contributed by atoms with E-state index in [9.17, 15) is 25.0 Å². The number of benzene rings is 1. The quantitative estimate of drug-likeness (QED) is 0.541. The Kier molecular flexibility index (Phi) is 6.43. The molecule has 0 atom stereocenters. The summed E-state index contributed by atoms with van der Waals surface area (Å²) in [5.74, 6) is -0.415. The van der Waals surface area contributed by atoms with Crippen molar-refractivity contribution in [3.05, 3.63) is 44.0 Å². The number of amides is 1. The number of carbonyl (C=O) groups is 1. The molecule has 8 nitrogen and oxygen atoms in total. The van der Waals surface area contributed by atoms with Crippen molar-refractivity contribution in [2.45, 2.75) is 33.1 Å². The maximum absolute atomic E-state index is 12.5. The average Bonchev–Trinajstić information content (AvgIpc) is 2.50. The number of carbonyl (C=O) groups excluding carboxylic acids is 1. The van der Waals surface area contributed by atoms with E-state index in [1.165, 1.54) is 0 Å². The Morgan fingerprint density at radius 1 is 1.00 bits per heavy atom. The summed E-state index contributed by atoms with van der Waals surface area (Å²) in [6.07, 6.45) is 2.46. The number of nitro benzene ring substituents is 2. The van der Waals surface area contributed by atoms with E-state index in [1.807, 2.05) is 13.8 Å². The van der Waals surface area contributed by atoms with Crippen LogP contribution in [0.25, 0.3) is 0 Å². The van der Waals surface area contributed by atoms with Crippen molar-refractivity contribution >= 4 is 17.3 Å². The second-order valence-corrected chi connectivity index (χ2v) is 4.90. The fraction of sp³-hybridized carbons (Fsp3) is 0.500. The number of non-ortho nitro benzene ring substituents is 2. The van der Waals surface area contributed by atoms with E-state index < -0.39 is 27.1 Å². The molecule has 0 radical (unpaired) electrons. The second kappa shape index (κ2) is 8.06. The van der Waals surface area contributed by atoms with E-state index in [1.54, 1.807) is 4.90 Å². The van der Waals surface area contributed by atoms with Gasteiger partial charge in [0.15, 0.2) is 0 Å². The largest absolute Gasteiger partial charge is 0.339 e. The van der Waals surface area contributed by atoms with Crippen LogP contribution in [0.5, 0.6) is 0 Å². The summed E-state index contributed by atoms with van der Waals surface area (Å²) in [7, 11) is 0. The van der Waals surface area contributed by atoms with Crippen LogP contribution in [0.4, 0.5) is 11.4 Å². The highest BCUT2D eigenvalue weighted by molar-refractivity contribution is 5.95. The highest BCUT2D eigenvalue weighted by atomic mass is 16.6. The lowest BCUT2D eigenvalue weighted by atomic mass is 10.1. The number of nitrogens with zero attached hydrogens (tertiary/aromatic N) is 3. The van der Waals surface area contributed by atoms with E-state index in [4.69, 9.17) is 0 Å². The summed E-state index contributed by atoms with van der Waals surface area (Å²) >= 11 is 0. The highest BCUT2D eigenvalue weighted by Crippen LogP contribution is 2.23. The molecule has 0 spiro atoms. The van der Waals surface area contributed by atoms with Gasteiger partial charge in [0, 0.05) is 25.2 Å². The molecule has 0 heterocycles. The molecule has 0 aromatic heterocycles. The third-order valence-corrected chi connectivity index (χ3v) is 3.13. The summed E-state index contributed by atoms with van der Waals surface area (Å²) in [5, 5.41) is 21.8. The minimum absolute atomic E-state index is 0.0227. The standard InChI is InChI=1S/C14H19N3O5/c1-3-5-7-15(6-4-2)14(18)11-8-12(16(19)20)10-13(9-11)17(21)22/h8-10H,3-7H2,1-2H3. The molecule has 8 heteroatoms. The molecule has 0 aliphatic heterocycles. The molecule has 0 unspecified atom stereocenters. The Bertz CT molecular complexity index is 541. The summed E-state index contributed by atoms with van der Waals surface area (Å²) in [4.78, 5) is 34.3. The van der Waals surface area contributed by atoms with Crippen LogP contribution in [0.1, 0.15) is 43.5 Å². The molecular formula is C14H19N3O5. The molecule has 1 aromatic rings. The number of rotatable bonds is 8. The Balaban J connectivity index is 3.18. The van der Waals surface area contributed by atoms with Crippen LogP contribution < -0.4 is 0 Å².